The number of carboxylic acid groups (broad SMARTS) is 1. The third-order valence-corrected chi connectivity index (χ3v) is 8.32. The Kier molecular flexibility index (Phi) is 12.3. The maximum atomic E-state index is 14.4. The van der Waals surface area contributed by atoms with Crippen LogP contribution in [-0.4, -0.2) is 56.3 Å². The normalized spacial score (nSPS) is 13.4. The number of nitrogens with zero attached hydrogens (tertiary/aromatic N) is 2. The molecule has 1 aromatic heterocycles. The number of nitrogens with two attached hydrogens (primary N) is 2. The summed E-state index contributed by atoms with van der Waals surface area (Å²) in [5.74, 6) is -2.82. The second kappa shape index (κ2) is 15.7. The number of para-hydroxylation sites is 1. The number of rotatable bonds is 18. The molecule has 5 N–H and O–H groups in total. The first kappa shape index (κ1) is 33.8. The summed E-state index contributed by atoms with van der Waals surface area (Å²) in [6.07, 6.45) is 5.56. The molecule has 0 spiro atoms. The Labute approximate surface area is 258 Å². The lowest BCUT2D eigenvalue weighted by Crippen LogP contribution is -2.62. The molecule has 9 nitrogen and oxygen atoms in total. The highest BCUT2D eigenvalue weighted by molar-refractivity contribution is 6.31. The average Bonchev–Trinajstić information content (AvgIpc) is 3.33. The molecule has 0 saturated carbocycles. The van der Waals surface area contributed by atoms with Crippen molar-refractivity contribution in [1.29, 1.82) is 0 Å². The molecule has 2 amide bonds. The van der Waals surface area contributed by atoms with Crippen LogP contribution in [0.4, 0.5) is 0 Å². The highest BCUT2D eigenvalue weighted by Crippen LogP contribution is 2.30. The van der Waals surface area contributed by atoms with Crippen molar-refractivity contribution < 1.29 is 24.3 Å². The molecule has 0 unspecified atom stereocenters. The van der Waals surface area contributed by atoms with Crippen molar-refractivity contribution in [2.24, 2.45) is 11.5 Å². The van der Waals surface area contributed by atoms with Crippen LogP contribution in [-0.2, 0) is 20.9 Å². The minimum Gasteiger partial charge on any atom is -0.481 e. The van der Waals surface area contributed by atoms with Crippen molar-refractivity contribution in [3.63, 3.8) is 0 Å². The van der Waals surface area contributed by atoms with Crippen molar-refractivity contribution in [2.45, 2.75) is 89.8 Å². The smallest absolute Gasteiger partial charge is 0.303 e. The SMILES string of the molecule is CCCCCC[C@@H](CC(N)=O)N(CC)C(=O)[C@](N)(CCCC(=O)O)C(=O)c1cn(Cc2ccccc2Cl)c2ccccc12. The third-order valence-electron chi connectivity index (χ3n) is 7.95. The molecule has 10 heteroatoms. The van der Waals surface area contributed by atoms with E-state index >= 15 is 0 Å². The van der Waals surface area contributed by atoms with Gasteiger partial charge in [0.25, 0.3) is 5.91 Å². The molecule has 2 atom stereocenters. The number of likely N-dealkylation sites (N-methyl/N-ethyl adjacent to an activating group) is 1. The van der Waals surface area contributed by atoms with Crippen LogP contribution in [0.1, 0.15) is 87.6 Å². The maximum Gasteiger partial charge on any atom is 0.303 e. The summed E-state index contributed by atoms with van der Waals surface area (Å²) in [6.45, 7) is 4.47. The number of carbonyl (C=O) groups is 4. The number of aliphatic carboxylic acids is 1. The van der Waals surface area contributed by atoms with E-state index in [1.54, 1.807) is 31.3 Å². The summed E-state index contributed by atoms with van der Waals surface area (Å²) in [7, 11) is 0. The van der Waals surface area contributed by atoms with E-state index in [1.165, 1.54) is 4.90 Å². The summed E-state index contributed by atoms with van der Waals surface area (Å²) < 4.78 is 1.90. The van der Waals surface area contributed by atoms with E-state index in [4.69, 9.17) is 23.1 Å². The van der Waals surface area contributed by atoms with E-state index in [0.29, 0.717) is 23.4 Å². The predicted molar refractivity (Wildman–Crippen MR) is 169 cm³/mol. The quantitative estimate of drug-likeness (QED) is 0.0978. The Hall–Kier alpha value is -3.69. The van der Waals surface area contributed by atoms with Gasteiger partial charge in [0.15, 0.2) is 11.3 Å². The van der Waals surface area contributed by atoms with Gasteiger partial charge in [-0.05, 0) is 43.9 Å². The maximum absolute atomic E-state index is 14.4. The molecule has 2 aromatic carbocycles. The summed E-state index contributed by atoms with van der Waals surface area (Å²) in [4.78, 5) is 53.7. The first-order chi connectivity index (χ1) is 20.5. The minimum absolute atomic E-state index is 0.0239. The number of carbonyl (C=O) groups excluding carboxylic acids is 3. The van der Waals surface area contributed by atoms with Crippen LogP contribution in [0.2, 0.25) is 5.02 Å². The van der Waals surface area contributed by atoms with Crippen molar-refractivity contribution >= 4 is 46.1 Å². The van der Waals surface area contributed by atoms with Crippen molar-refractivity contribution in [1.82, 2.24) is 9.47 Å². The molecule has 0 bridgehead atoms. The molecule has 0 aliphatic carbocycles. The fraction of sp³-hybridized carbons (Fsp3) is 0.455. The number of aromatic nitrogens is 1. The highest BCUT2D eigenvalue weighted by atomic mass is 35.5. The Balaban J connectivity index is 2.06. The Morgan fingerprint density at radius 1 is 1.00 bits per heavy atom. The zero-order valence-electron chi connectivity index (χ0n) is 25.1. The lowest BCUT2D eigenvalue weighted by atomic mass is 9.83. The Bertz CT molecular complexity index is 1440. The summed E-state index contributed by atoms with van der Waals surface area (Å²) in [5, 5.41) is 10.5. The topological polar surface area (TPSA) is 149 Å². The first-order valence-electron chi connectivity index (χ1n) is 15.0. The predicted octanol–water partition coefficient (Wildman–Crippen LogP) is 5.54. The van der Waals surface area contributed by atoms with E-state index in [2.05, 4.69) is 6.92 Å². The van der Waals surface area contributed by atoms with E-state index in [-0.39, 0.29) is 37.8 Å². The van der Waals surface area contributed by atoms with Gasteiger partial charge < -0.3 is 26.0 Å². The van der Waals surface area contributed by atoms with Crippen LogP contribution in [0.5, 0.6) is 0 Å². The minimum atomic E-state index is -2.05. The third kappa shape index (κ3) is 8.45. The van der Waals surface area contributed by atoms with Gasteiger partial charge in [-0.25, -0.2) is 0 Å². The van der Waals surface area contributed by atoms with Crippen LogP contribution in [0.3, 0.4) is 0 Å². The zero-order chi connectivity index (χ0) is 31.6. The molecule has 232 valence electrons. The van der Waals surface area contributed by atoms with Gasteiger partial charge in [-0.3, -0.25) is 19.2 Å². The van der Waals surface area contributed by atoms with Crippen molar-refractivity contribution in [2.75, 3.05) is 6.54 Å². The van der Waals surface area contributed by atoms with Crippen LogP contribution in [0.25, 0.3) is 10.9 Å². The molecule has 3 aromatic rings. The van der Waals surface area contributed by atoms with Gasteiger partial charge in [-0.15, -0.1) is 0 Å². The monoisotopic (exact) mass is 610 g/mol. The van der Waals surface area contributed by atoms with Gasteiger partial charge in [-0.2, -0.15) is 0 Å². The number of carboxylic acids is 1. The fourth-order valence-corrected chi connectivity index (χ4v) is 5.87. The molecule has 0 fully saturated rings. The largest absolute Gasteiger partial charge is 0.481 e. The number of hydrogen-bond acceptors (Lipinski definition) is 5. The lowest BCUT2D eigenvalue weighted by Gasteiger charge is -2.37. The zero-order valence-corrected chi connectivity index (χ0v) is 25.8. The molecule has 0 aliphatic rings. The number of Topliss-reactive ketones (excluding diaryl/α,β-unsaturated/α-hetero) is 1. The molecule has 1 heterocycles. The number of amides is 2. The van der Waals surface area contributed by atoms with Crippen molar-refractivity contribution in [3.8, 4) is 0 Å². The summed E-state index contributed by atoms with van der Waals surface area (Å²) >= 11 is 6.43. The lowest BCUT2D eigenvalue weighted by molar-refractivity contribution is -0.140. The van der Waals surface area contributed by atoms with Gasteiger partial charge in [0.05, 0.1) is 0 Å². The molecular formula is C33H43ClN4O5. The van der Waals surface area contributed by atoms with Gasteiger partial charge in [-0.1, -0.05) is 80.6 Å². The van der Waals surface area contributed by atoms with Crippen LogP contribution in [0, 0.1) is 0 Å². The molecule has 0 saturated heterocycles. The second-order valence-corrected chi connectivity index (χ2v) is 11.5. The molecule has 0 aliphatic heterocycles. The van der Waals surface area contributed by atoms with Crippen molar-refractivity contribution in [3.05, 3.63) is 70.9 Å². The van der Waals surface area contributed by atoms with Gasteiger partial charge in [0, 0.05) is 59.7 Å². The number of primary amides is 1. The average molecular weight is 611 g/mol. The van der Waals surface area contributed by atoms with Gasteiger partial charge >= 0.3 is 5.97 Å². The summed E-state index contributed by atoms with van der Waals surface area (Å²) in [6, 6.07) is 14.2. The second-order valence-electron chi connectivity index (χ2n) is 11.1. The number of ketones is 1. The van der Waals surface area contributed by atoms with Crippen LogP contribution in [0.15, 0.2) is 54.7 Å². The number of unbranched alkanes of at least 4 members (excludes halogenated alkanes) is 3. The van der Waals surface area contributed by atoms with E-state index in [0.717, 1.165) is 36.8 Å². The van der Waals surface area contributed by atoms with E-state index < -0.39 is 35.1 Å². The van der Waals surface area contributed by atoms with Crippen LogP contribution >= 0.6 is 11.6 Å². The highest BCUT2D eigenvalue weighted by Gasteiger charge is 2.46. The molecular weight excluding hydrogens is 568 g/mol. The number of halogens is 1. The first-order valence-corrected chi connectivity index (χ1v) is 15.4. The van der Waals surface area contributed by atoms with E-state index in [1.807, 2.05) is 34.9 Å². The number of fused-ring (bicyclic) bond motifs is 1. The van der Waals surface area contributed by atoms with Gasteiger partial charge in [0.1, 0.15) is 0 Å². The number of benzene rings is 2. The fourth-order valence-electron chi connectivity index (χ4n) is 5.68. The van der Waals surface area contributed by atoms with Crippen LogP contribution < -0.4 is 11.5 Å². The summed E-state index contributed by atoms with van der Waals surface area (Å²) in [5.41, 5.74) is 12.2. The molecule has 3 rings (SSSR count). The standard InChI is InChI=1S/C33H43ClN4O5/c1-3-5-6-7-14-24(20-29(35)39)38(4-2)32(43)33(36,19-12-18-30(40)41)31(42)26-22-37(28-17-11-9-15-25(26)28)21-23-13-8-10-16-27(23)34/h8-11,13,15-17,22,24H,3-7,12,14,18-21,36H2,1-2H3,(H2,35,39)(H,40,41)/t24-,33-/m0/s1. The number of hydrogen-bond donors (Lipinski definition) is 3. The van der Waals surface area contributed by atoms with Gasteiger partial charge in [0.2, 0.25) is 5.91 Å². The molecule has 43 heavy (non-hydrogen) atoms. The Morgan fingerprint density at radius 3 is 2.35 bits per heavy atom. The Morgan fingerprint density at radius 2 is 1.70 bits per heavy atom. The molecule has 0 radical (unpaired) electrons. The van der Waals surface area contributed by atoms with E-state index in [9.17, 15) is 24.3 Å².